The highest BCUT2D eigenvalue weighted by Crippen LogP contribution is 2.22. The maximum absolute atomic E-state index is 14.0. The Labute approximate surface area is 143 Å². The van der Waals surface area contributed by atoms with Crippen LogP contribution in [0.15, 0.2) is 54.4 Å². The molecule has 0 atom stereocenters. The number of Topliss-reactive ketones (excluding diaryl/α,β-unsaturated/α-hetero) is 1. The van der Waals surface area contributed by atoms with Gasteiger partial charge in [-0.05, 0) is 42.5 Å². The van der Waals surface area contributed by atoms with Crippen molar-refractivity contribution in [2.45, 2.75) is 0 Å². The van der Waals surface area contributed by atoms with Crippen molar-refractivity contribution in [3.8, 4) is 5.75 Å². The third kappa shape index (κ3) is 4.71. The van der Waals surface area contributed by atoms with Crippen molar-refractivity contribution >= 4 is 29.0 Å². The van der Waals surface area contributed by atoms with Crippen molar-refractivity contribution in [1.82, 2.24) is 4.90 Å². The number of benzene rings is 2. The van der Waals surface area contributed by atoms with Gasteiger partial charge in [-0.15, -0.1) is 0 Å². The third-order valence-electron chi connectivity index (χ3n) is 2.82. The van der Waals surface area contributed by atoms with E-state index in [1.54, 1.807) is 43.3 Å². The van der Waals surface area contributed by atoms with Crippen LogP contribution >= 0.6 is 23.2 Å². The number of allylic oxidation sites excluding steroid dienone is 1. The van der Waals surface area contributed by atoms with Gasteiger partial charge in [0.2, 0.25) is 5.78 Å². The Kier molecular flexibility index (Phi) is 5.64. The van der Waals surface area contributed by atoms with Gasteiger partial charge in [-0.1, -0.05) is 23.2 Å². The molecular weight excluding hydrogens is 340 g/mol. The van der Waals surface area contributed by atoms with Crippen molar-refractivity contribution in [2.75, 3.05) is 14.1 Å². The van der Waals surface area contributed by atoms with E-state index in [0.29, 0.717) is 10.8 Å². The summed E-state index contributed by atoms with van der Waals surface area (Å²) in [5.41, 5.74) is -0.114. The second kappa shape index (κ2) is 7.49. The van der Waals surface area contributed by atoms with Gasteiger partial charge in [0, 0.05) is 30.3 Å². The topological polar surface area (TPSA) is 29.5 Å². The number of nitrogens with zero attached hydrogens (tertiary/aromatic N) is 1. The molecule has 6 heteroatoms. The lowest BCUT2D eigenvalue weighted by molar-refractivity contribution is 0.0978. The van der Waals surface area contributed by atoms with Gasteiger partial charge in [0.15, 0.2) is 5.76 Å². The number of carbonyl (C=O) groups excluding carboxylic acids is 1. The van der Waals surface area contributed by atoms with E-state index in [0.717, 1.165) is 6.07 Å². The highest BCUT2D eigenvalue weighted by molar-refractivity contribution is 6.31. The first-order valence-corrected chi connectivity index (χ1v) is 7.44. The summed E-state index contributed by atoms with van der Waals surface area (Å²) in [5, 5.41) is 0.765. The van der Waals surface area contributed by atoms with E-state index in [1.165, 1.54) is 18.3 Å². The molecule has 2 aromatic carbocycles. The van der Waals surface area contributed by atoms with Crippen molar-refractivity contribution in [2.24, 2.45) is 0 Å². The first-order valence-electron chi connectivity index (χ1n) is 6.68. The summed E-state index contributed by atoms with van der Waals surface area (Å²) >= 11 is 11.5. The molecule has 3 nitrogen and oxygen atoms in total. The van der Waals surface area contributed by atoms with Gasteiger partial charge in [0.25, 0.3) is 0 Å². The van der Waals surface area contributed by atoms with Crippen LogP contribution in [0, 0.1) is 5.82 Å². The highest BCUT2D eigenvalue weighted by Gasteiger charge is 2.19. The molecule has 0 spiro atoms. The zero-order valence-corrected chi connectivity index (χ0v) is 14.0. The summed E-state index contributed by atoms with van der Waals surface area (Å²) in [6.07, 6.45) is 1.48. The van der Waals surface area contributed by atoms with Crippen molar-refractivity contribution < 1.29 is 13.9 Å². The first-order chi connectivity index (χ1) is 10.9. The maximum Gasteiger partial charge on any atom is 0.232 e. The Morgan fingerprint density at radius 1 is 1.09 bits per heavy atom. The van der Waals surface area contributed by atoms with E-state index in [4.69, 9.17) is 27.9 Å². The van der Waals surface area contributed by atoms with Crippen LogP contribution in [0.2, 0.25) is 10.0 Å². The smallest absolute Gasteiger partial charge is 0.232 e. The van der Waals surface area contributed by atoms with Gasteiger partial charge in [-0.2, -0.15) is 0 Å². The predicted molar refractivity (Wildman–Crippen MR) is 89.6 cm³/mol. The molecule has 0 fully saturated rings. The predicted octanol–water partition coefficient (Wildman–Crippen LogP) is 4.80. The minimum absolute atomic E-state index is 0.0152. The zero-order chi connectivity index (χ0) is 17.0. The summed E-state index contributed by atoms with van der Waals surface area (Å²) in [6.45, 7) is 0. The van der Waals surface area contributed by atoms with Crippen LogP contribution in [-0.2, 0) is 0 Å². The lowest BCUT2D eigenvalue weighted by Crippen LogP contribution is -2.15. The standard InChI is InChI=1S/C17H14Cl2FNO2/c1-21(2)10-16(23-13-6-3-11(18)4-7-13)17(22)14-8-5-12(19)9-15(14)20/h3-10H,1-2H3/b16-10+. The number of ketones is 1. The van der Waals surface area contributed by atoms with Crippen LogP contribution in [0.1, 0.15) is 10.4 Å². The minimum atomic E-state index is -0.702. The molecule has 120 valence electrons. The Hall–Kier alpha value is -2.04. The molecule has 0 aromatic heterocycles. The summed E-state index contributed by atoms with van der Waals surface area (Å²) in [6, 6.07) is 10.4. The molecule has 2 rings (SSSR count). The molecule has 0 radical (unpaired) electrons. The van der Waals surface area contributed by atoms with Crippen LogP contribution in [0.5, 0.6) is 5.75 Å². The minimum Gasteiger partial charge on any atom is -0.452 e. The number of halogens is 3. The number of carbonyl (C=O) groups is 1. The van der Waals surface area contributed by atoms with Crippen LogP contribution in [-0.4, -0.2) is 24.8 Å². The molecule has 0 aliphatic heterocycles. The molecular formula is C17H14Cl2FNO2. The Bertz CT molecular complexity index is 743. The zero-order valence-electron chi connectivity index (χ0n) is 12.5. The largest absolute Gasteiger partial charge is 0.452 e. The molecule has 0 bridgehead atoms. The number of hydrogen-bond acceptors (Lipinski definition) is 3. The molecule has 0 saturated carbocycles. The van der Waals surface area contributed by atoms with Crippen molar-refractivity contribution in [3.05, 3.63) is 75.8 Å². The van der Waals surface area contributed by atoms with Gasteiger partial charge in [0.1, 0.15) is 11.6 Å². The molecule has 0 aliphatic rings. The Morgan fingerprint density at radius 2 is 1.70 bits per heavy atom. The van der Waals surface area contributed by atoms with Crippen LogP contribution in [0.4, 0.5) is 4.39 Å². The van der Waals surface area contributed by atoms with Crippen LogP contribution < -0.4 is 4.74 Å². The van der Waals surface area contributed by atoms with E-state index in [9.17, 15) is 9.18 Å². The molecule has 0 aliphatic carbocycles. The summed E-state index contributed by atoms with van der Waals surface area (Å²) < 4.78 is 19.6. The normalized spacial score (nSPS) is 11.3. The quantitative estimate of drug-likeness (QED) is 0.439. The fourth-order valence-corrected chi connectivity index (χ4v) is 2.09. The third-order valence-corrected chi connectivity index (χ3v) is 3.30. The number of hydrogen-bond donors (Lipinski definition) is 0. The fraction of sp³-hybridized carbons (Fsp3) is 0.118. The molecule has 0 N–H and O–H groups in total. The van der Waals surface area contributed by atoms with Crippen molar-refractivity contribution in [1.29, 1.82) is 0 Å². The van der Waals surface area contributed by atoms with Gasteiger partial charge >= 0.3 is 0 Å². The van der Waals surface area contributed by atoms with Gasteiger partial charge in [-0.25, -0.2) is 4.39 Å². The molecule has 0 unspecified atom stereocenters. The average Bonchev–Trinajstić information content (AvgIpc) is 2.48. The van der Waals surface area contributed by atoms with Crippen LogP contribution in [0.3, 0.4) is 0 Å². The van der Waals surface area contributed by atoms with E-state index >= 15 is 0 Å². The molecule has 0 amide bonds. The fourth-order valence-electron chi connectivity index (χ4n) is 1.80. The van der Waals surface area contributed by atoms with Crippen LogP contribution in [0.25, 0.3) is 0 Å². The Balaban J connectivity index is 2.34. The van der Waals surface area contributed by atoms with Gasteiger partial charge < -0.3 is 9.64 Å². The SMILES string of the molecule is CN(C)/C=C(/Oc1ccc(Cl)cc1)C(=O)c1ccc(Cl)cc1F. The van der Waals surface area contributed by atoms with E-state index in [2.05, 4.69) is 0 Å². The lowest BCUT2D eigenvalue weighted by atomic mass is 10.1. The molecule has 23 heavy (non-hydrogen) atoms. The number of rotatable bonds is 5. The van der Waals surface area contributed by atoms with Crippen molar-refractivity contribution in [3.63, 3.8) is 0 Å². The Morgan fingerprint density at radius 3 is 2.26 bits per heavy atom. The maximum atomic E-state index is 14.0. The van der Waals surface area contributed by atoms with E-state index in [1.807, 2.05) is 0 Å². The second-order valence-corrected chi connectivity index (χ2v) is 5.84. The average molecular weight is 354 g/mol. The highest BCUT2D eigenvalue weighted by atomic mass is 35.5. The second-order valence-electron chi connectivity index (χ2n) is 4.97. The van der Waals surface area contributed by atoms with Gasteiger partial charge in [0.05, 0.1) is 5.56 Å². The van der Waals surface area contributed by atoms with Gasteiger partial charge in [-0.3, -0.25) is 4.79 Å². The first kappa shape index (κ1) is 17.3. The molecule has 2 aromatic rings. The summed E-state index contributed by atoms with van der Waals surface area (Å²) in [7, 11) is 3.47. The summed E-state index contributed by atoms with van der Waals surface area (Å²) in [4.78, 5) is 14.2. The van der Waals surface area contributed by atoms with E-state index < -0.39 is 11.6 Å². The lowest BCUT2D eigenvalue weighted by Gasteiger charge is -2.13. The summed E-state index contributed by atoms with van der Waals surface area (Å²) in [5.74, 6) is -0.876. The molecule has 0 saturated heterocycles. The monoisotopic (exact) mass is 353 g/mol. The number of ether oxygens (including phenoxy) is 1. The van der Waals surface area contributed by atoms with E-state index in [-0.39, 0.29) is 16.3 Å². The molecule has 0 heterocycles.